The number of rotatable bonds is 9. The lowest BCUT2D eigenvalue weighted by Gasteiger charge is -2.12. The van der Waals surface area contributed by atoms with Crippen LogP contribution in [0.4, 0.5) is 0 Å². The first-order valence-corrected chi connectivity index (χ1v) is 11.9. The van der Waals surface area contributed by atoms with Crippen LogP contribution in [-0.4, -0.2) is 33.8 Å². The fraction of sp³-hybridized carbons (Fsp3) is 0.280. The Morgan fingerprint density at radius 3 is 2.65 bits per heavy atom. The Morgan fingerprint density at radius 1 is 1.09 bits per heavy atom. The largest absolute Gasteiger partial charge is 0.490 e. The van der Waals surface area contributed by atoms with E-state index in [0.29, 0.717) is 51.3 Å². The first-order chi connectivity index (χ1) is 16.5. The van der Waals surface area contributed by atoms with Crippen molar-refractivity contribution in [3.05, 3.63) is 62.9 Å². The van der Waals surface area contributed by atoms with Crippen LogP contribution in [0, 0.1) is 0 Å². The first-order valence-electron chi connectivity index (χ1n) is 11.1. The molecule has 2 aromatic heterocycles. The lowest BCUT2D eigenvalue weighted by molar-refractivity contribution is -0.131. The third-order valence-electron chi connectivity index (χ3n) is 4.88. The maximum Gasteiger partial charge on any atom is 0.308 e. The SMILES string of the molecule is CCCCOc1ccc(C=c2sc3nc(-c4ccccc4OC(C)=O)nn3c2=O)cc1OCC. The second-order valence-corrected chi connectivity index (χ2v) is 8.49. The molecule has 2 heterocycles. The number of hydrogen-bond donors (Lipinski definition) is 0. The zero-order valence-corrected chi connectivity index (χ0v) is 20.1. The average molecular weight is 480 g/mol. The topological polar surface area (TPSA) is 92.0 Å². The van der Waals surface area contributed by atoms with Crippen molar-refractivity contribution in [1.82, 2.24) is 14.6 Å². The molecule has 0 amide bonds. The molecule has 0 aliphatic heterocycles. The highest BCUT2D eigenvalue weighted by Gasteiger charge is 2.16. The summed E-state index contributed by atoms with van der Waals surface area (Å²) >= 11 is 1.24. The summed E-state index contributed by atoms with van der Waals surface area (Å²) in [4.78, 5) is 29.3. The van der Waals surface area contributed by atoms with E-state index in [9.17, 15) is 9.59 Å². The number of unbranched alkanes of at least 4 members (excludes halogenated alkanes) is 1. The number of para-hydroxylation sites is 1. The maximum atomic E-state index is 13.0. The summed E-state index contributed by atoms with van der Waals surface area (Å²) in [6, 6.07) is 12.6. The van der Waals surface area contributed by atoms with E-state index >= 15 is 0 Å². The molecule has 0 spiro atoms. The van der Waals surface area contributed by atoms with Crippen LogP contribution in [-0.2, 0) is 4.79 Å². The number of hydrogen-bond acceptors (Lipinski definition) is 8. The third kappa shape index (κ3) is 5.09. The van der Waals surface area contributed by atoms with Crippen LogP contribution in [0.1, 0.15) is 39.2 Å². The van der Waals surface area contributed by atoms with Crippen LogP contribution in [0.3, 0.4) is 0 Å². The van der Waals surface area contributed by atoms with Gasteiger partial charge in [0.25, 0.3) is 5.56 Å². The normalized spacial score (nSPS) is 11.7. The van der Waals surface area contributed by atoms with Crippen molar-refractivity contribution in [1.29, 1.82) is 0 Å². The molecule has 0 aliphatic rings. The van der Waals surface area contributed by atoms with Gasteiger partial charge < -0.3 is 14.2 Å². The predicted molar refractivity (Wildman–Crippen MR) is 131 cm³/mol. The minimum atomic E-state index is -0.442. The molecule has 0 radical (unpaired) electrons. The molecule has 0 fully saturated rings. The summed E-state index contributed by atoms with van der Waals surface area (Å²) in [7, 11) is 0. The summed E-state index contributed by atoms with van der Waals surface area (Å²) < 4.78 is 18.6. The second kappa shape index (κ2) is 10.5. The molecule has 0 aliphatic carbocycles. The minimum absolute atomic E-state index is 0.273. The summed E-state index contributed by atoms with van der Waals surface area (Å²) in [6.45, 7) is 6.49. The van der Waals surface area contributed by atoms with Crippen molar-refractivity contribution >= 4 is 28.3 Å². The van der Waals surface area contributed by atoms with Gasteiger partial charge in [-0.05, 0) is 49.2 Å². The molecule has 176 valence electrons. The number of ether oxygens (including phenoxy) is 3. The molecule has 4 aromatic rings. The molecule has 34 heavy (non-hydrogen) atoms. The van der Waals surface area contributed by atoms with Gasteiger partial charge in [-0.2, -0.15) is 9.50 Å². The summed E-state index contributed by atoms with van der Waals surface area (Å²) in [6.07, 6.45) is 3.80. The lowest BCUT2D eigenvalue weighted by Crippen LogP contribution is -2.23. The van der Waals surface area contributed by atoms with Gasteiger partial charge >= 0.3 is 5.97 Å². The number of thiazole rings is 1. The van der Waals surface area contributed by atoms with E-state index in [0.717, 1.165) is 18.4 Å². The molecule has 0 saturated heterocycles. The van der Waals surface area contributed by atoms with Gasteiger partial charge in [0.2, 0.25) is 4.96 Å². The van der Waals surface area contributed by atoms with Crippen LogP contribution in [0.15, 0.2) is 47.3 Å². The molecule has 0 saturated carbocycles. The number of carbonyl (C=O) groups excluding carboxylic acids is 1. The molecule has 0 bridgehead atoms. The molecule has 8 nitrogen and oxygen atoms in total. The number of nitrogens with zero attached hydrogens (tertiary/aromatic N) is 3. The van der Waals surface area contributed by atoms with Crippen molar-refractivity contribution in [2.24, 2.45) is 0 Å². The van der Waals surface area contributed by atoms with Crippen molar-refractivity contribution < 1.29 is 19.0 Å². The van der Waals surface area contributed by atoms with Crippen molar-refractivity contribution in [3.63, 3.8) is 0 Å². The Kier molecular flexibility index (Phi) is 7.22. The Hall–Kier alpha value is -3.72. The molecule has 0 atom stereocenters. The molecule has 9 heteroatoms. The summed E-state index contributed by atoms with van der Waals surface area (Å²) in [5.74, 6) is 1.55. The van der Waals surface area contributed by atoms with Crippen LogP contribution in [0.2, 0.25) is 0 Å². The van der Waals surface area contributed by atoms with Gasteiger partial charge in [0.1, 0.15) is 5.75 Å². The molecule has 2 aromatic carbocycles. The Bertz CT molecular complexity index is 1430. The fourth-order valence-corrected chi connectivity index (χ4v) is 4.23. The van der Waals surface area contributed by atoms with Gasteiger partial charge in [0.05, 0.1) is 23.3 Å². The Balaban J connectivity index is 1.68. The van der Waals surface area contributed by atoms with Crippen molar-refractivity contribution in [2.75, 3.05) is 13.2 Å². The average Bonchev–Trinajstić information content (AvgIpc) is 3.35. The maximum absolute atomic E-state index is 13.0. The van der Waals surface area contributed by atoms with Crippen molar-refractivity contribution in [2.45, 2.75) is 33.6 Å². The zero-order valence-electron chi connectivity index (χ0n) is 19.2. The van der Waals surface area contributed by atoms with Crippen LogP contribution in [0.25, 0.3) is 22.4 Å². The van der Waals surface area contributed by atoms with E-state index in [4.69, 9.17) is 14.2 Å². The Morgan fingerprint density at radius 2 is 1.91 bits per heavy atom. The Labute approximate surface area is 200 Å². The smallest absolute Gasteiger partial charge is 0.308 e. The van der Waals surface area contributed by atoms with E-state index in [-0.39, 0.29) is 5.56 Å². The number of carbonyl (C=O) groups is 1. The van der Waals surface area contributed by atoms with Gasteiger partial charge in [-0.3, -0.25) is 9.59 Å². The van der Waals surface area contributed by atoms with Gasteiger partial charge in [-0.15, -0.1) is 5.10 Å². The minimum Gasteiger partial charge on any atom is -0.490 e. The molecular formula is C25H25N3O5S. The highest BCUT2D eigenvalue weighted by atomic mass is 32.1. The summed E-state index contributed by atoms with van der Waals surface area (Å²) in [5.41, 5.74) is 1.08. The fourth-order valence-electron chi connectivity index (χ4n) is 3.32. The van der Waals surface area contributed by atoms with Gasteiger partial charge in [0.15, 0.2) is 17.3 Å². The van der Waals surface area contributed by atoms with Crippen molar-refractivity contribution in [3.8, 4) is 28.6 Å². The number of benzene rings is 2. The highest BCUT2D eigenvalue weighted by molar-refractivity contribution is 7.15. The summed E-state index contributed by atoms with van der Waals surface area (Å²) in [5, 5.41) is 4.36. The highest BCUT2D eigenvalue weighted by Crippen LogP contribution is 2.30. The lowest BCUT2D eigenvalue weighted by atomic mass is 10.2. The quantitative estimate of drug-likeness (QED) is 0.204. The van der Waals surface area contributed by atoms with Crippen LogP contribution < -0.4 is 24.3 Å². The van der Waals surface area contributed by atoms with E-state index in [2.05, 4.69) is 17.0 Å². The van der Waals surface area contributed by atoms with E-state index in [1.807, 2.05) is 25.1 Å². The van der Waals surface area contributed by atoms with E-state index < -0.39 is 5.97 Å². The molecule has 0 unspecified atom stereocenters. The monoisotopic (exact) mass is 479 g/mol. The number of aromatic nitrogens is 3. The molecular weight excluding hydrogens is 454 g/mol. The van der Waals surface area contributed by atoms with E-state index in [1.165, 1.54) is 22.8 Å². The zero-order chi connectivity index (χ0) is 24.1. The number of fused-ring (bicyclic) bond motifs is 1. The van der Waals surface area contributed by atoms with Gasteiger partial charge in [-0.1, -0.05) is 42.9 Å². The molecule has 0 N–H and O–H groups in total. The van der Waals surface area contributed by atoms with Gasteiger partial charge in [0, 0.05) is 6.92 Å². The third-order valence-corrected chi connectivity index (χ3v) is 5.84. The first kappa shape index (κ1) is 23.4. The predicted octanol–water partition coefficient (Wildman–Crippen LogP) is 3.87. The standard InChI is InChI=1S/C25H25N3O5S/c1-4-6-13-32-20-12-11-17(14-21(20)31-5-2)15-22-24(30)28-25(34-22)26-23(27-28)18-9-7-8-10-19(18)33-16(3)29/h7-12,14-15H,4-6,13H2,1-3H3. The van der Waals surface area contributed by atoms with E-state index in [1.54, 1.807) is 30.3 Å². The second-order valence-electron chi connectivity index (χ2n) is 7.48. The van der Waals surface area contributed by atoms with Gasteiger partial charge in [-0.25, -0.2) is 0 Å². The molecule has 4 rings (SSSR count). The van der Waals surface area contributed by atoms with Crippen LogP contribution >= 0.6 is 11.3 Å². The number of esters is 1. The van der Waals surface area contributed by atoms with Crippen LogP contribution in [0.5, 0.6) is 17.2 Å².